The van der Waals surface area contributed by atoms with Crippen LogP contribution in [-0.4, -0.2) is 56.0 Å². The molecular formula is C22H22FN7O. The normalized spacial score (nSPS) is 24.7. The first-order valence-corrected chi connectivity index (χ1v) is 10.3. The summed E-state index contributed by atoms with van der Waals surface area (Å²) in [5.74, 6) is 0.648. The van der Waals surface area contributed by atoms with Crippen LogP contribution in [0.3, 0.4) is 0 Å². The molecule has 2 aromatic heterocycles. The van der Waals surface area contributed by atoms with Crippen LogP contribution in [0.1, 0.15) is 25.0 Å². The number of anilines is 1. The molecule has 2 aliphatic rings. The van der Waals surface area contributed by atoms with E-state index in [1.807, 2.05) is 18.0 Å². The van der Waals surface area contributed by atoms with Gasteiger partial charge in [-0.05, 0) is 31.4 Å². The lowest BCUT2D eigenvalue weighted by Gasteiger charge is -2.38. The first kappa shape index (κ1) is 19.5. The number of phenols is 1. The highest BCUT2D eigenvalue weighted by molar-refractivity contribution is 5.68. The predicted molar refractivity (Wildman–Crippen MR) is 113 cm³/mol. The van der Waals surface area contributed by atoms with Crippen molar-refractivity contribution in [1.29, 1.82) is 5.26 Å². The molecule has 158 valence electrons. The Morgan fingerprint density at radius 1 is 1.26 bits per heavy atom. The summed E-state index contributed by atoms with van der Waals surface area (Å²) in [6, 6.07) is 7.17. The summed E-state index contributed by atoms with van der Waals surface area (Å²) >= 11 is 0. The second-order valence-corrected chi connectivity index (χ2v) is 8.15. The Kier molecular flexibility index (Phi) is 4.79. The predicted octanol–water partition coefficient (Wildman–Crippen LogP) is 2.57. The number of fused-ring (bicyclic) bond motifs is 2. The molecule has 0 amide bonds. The van der Waals surface area contributed by atoms with Gasteiger partial charge in [-0.3, -0.25) is 4.98 Å². The van der Waals surface area contributed by atoms with Gasteiger partial charge in [-0.1, -0.05) is 0 Å². The lowest BCUT2D eigenvalue weighted by molar-refractivity contribution is 0.176. The van der Waals surface area contributed by atoms with E-state index in [0.29, 0.717) is 34.5 Å². The fraction of sp³-hybridized carbons (Fsp3) is 0.364. The summed E-state index contributed by atoms with van der Waals surface area (Å²) in [4.78, 5) is 14.8. The molecule has 1 aromatic carbocycles. The molecule has 1 unspecified atom stereocenters. The standard InChI is InChI=1S/C22H22FN7O/c1-29(19-6-13-2-5-17(28-13)22(19)23)21-10-25-18(9-26-21)16-4-3-15(7-20(16)31)30-11-14(8-24)27-12-30/h3-4,7,9-13,17,19,22,28,31H,2,5-6H2,1H3/t13-,17?,19-,22+/m0/s1. The number of imidazole rings is 1. The first-order chi connectivity index (χ1) is 15.0. The molecule has 8 nitrogen and oxygen atoms in total. The maximum atomic E-state index is 14.9. The molecule has 3 aromatic rings. The number of phenolic OH excluding ortho intramolecular Hbond substituents is 1. The minimum absolute atomic E-state index is 0.0406. The number of alkyl halides is 1. The number of hydrogen-bond acceptors (Lipinski definition) is 7. The minimum Gasteiger partial charge on any atom is -0.507 e. The van der Waals surface area contributed by atoms with Gasteiger partial charge in [-0.25, -0.2) is 14.4 Å². The van der Waals surface area contributed by atoms with Crippen molar-refractivity contribution in [3.05, 3.63) is 48.8 Å². The van der Waals surface area contributed by atoms with E-state index in [1.165, 1.54) is 6.33 Å². The van der Waals surface area contributed by atoms with Gasteiger partial charge in [0.25, 0.3) is 0 Å². The molecule has 2 bridgehead atoms. The van der Waals surface area contributed by atoms with Crippen LogP contribution in [0.2, 0.25) is 0 Å². The Morgan fingerprint density at radius 3 is 2.84 bits per heavy atom. The van der Waals surface area contributed by atoms with Crippen LogP contribution in [0, 0.1) is 11.3 Å². The van der Waals surface area contributed by atoms with Crippen molar-refractivity contribution in [3.63, 3.8) is 0 Å². The first-order valence-electron chi connectivity index (χ1n) is 10.3. The second kappa shape index (κ2) is 7.63. The zero-order chi connectivity index (χ0) is 21.5. The third kappa shape index (κ3) is 3.49. The van der Waals surface area contributed by atoms with Gasteiger partial charge in [0.05, 0.1) is 29.8 Å². The molecule has 4 heterocycles. The largest absolute Gasteiger partial charge is 0.507 e. The Bertz CT molecular complexity index is 1140. The van der Waals surface area contributed by atoms with Gasteiger partial charge in [0.1, 0.15) is 30.1 Å². The number of halogens is 1. The van der Waals surface area contributed by atoms with Crippen molar-refractivity contribution in [2.24, 2.45) is 0 Å². The van der Waals surface area contributed by atoms with Gasteiger partial charge < -0.3 is 19.9 Å². The lowest BCUT2D eigenvalue weighted by Crippen LogP contribution is -2.55. The van der Waals surface area contributed by atoms with Crippen molar-refractivity contribution >= 4 is 5.82 Å². The van der Waals surface area contributed by atoms with Crippen LogP contribution in [0.25, 0.3) is 16.9 Å². The smallest absolute Gasteiger partial charge is 0.158 e. The fourth-order valence-corrected chi connectivity index (χ4v) is 4.58. The van der Waals surface area contributed by atoms with E-state index in [0.717, 1.165) is 19.3 Å². The second-order valence-electron chi connectivity index (χ2n) is 8.15. The topological polar surface area (TPSA) is 103 Å². The highest BCUT2D eigenvalue weighted by Crippen LogP contribution is 2.34. The Balaban J connectivity index is 1.35. The van der Waals surface area contributed by atoms with E-state index in [4.69, 9.17) is 5.26 Å². The maximum Gasteiger partial charge on any atom is 0.158 e. The quantitative estimate of drug-likeness (QED) is 0.670. The van der Waals surface area contributed by atoms with E-state index >= 15 is 0 Å². The molecule has 0 aliphatic carbocycles. The number of benzene rings is 1. The molecule has 2 N–H and O–H groups in total. The molecule has 9 heteroatoms. The van der Waals surface area contributed by atoms with Crippen LogP contribution < -0.4 is 10.2 Å². The van der Waals surface area contributed by atoms with Crippen molar-refractivity contribution in [1.82, 2.24) is 24.8 Å². The number of piperidine rings is 1. The monoisotopic (exact) mass is 419 g/mol. The number of nitriles is 1. The molecule has 0 spiro atoms. The lowest BCUT2D eigenvalue weighted by atomic mass is 9.96. The summed E-state index contributed by atoms with van der Waals surface area (Å²) in [6.45, 7) is 0. The van der Waals surface area contributed by atoms with E-state index in [1.54, 1.807) is 41.4 Å². The zero-order valence-electron chi connectivity index (χ0n) is 17.0. The van der Waals surface area contributed by atoms with E-state index in [-0.39, 0.29) is 17.8 Å². The Hall–Kier alpha value is -3.51. The summed E-state index contributed by atoms with van der Waals surface area (Å²) in [6.07, 6.45) is 8.03. The van der Waals surface area contributed by atoms with Crippen LogP contribution in [-0.2, 0) is 0 Å². The average Bonchev–Trinajstić information content (AvgIpc) is 3.43. The molecule has 5 rings (SSSR count). The Morgan fingerprint density at radius 2 is 2.13 bits per heavy atom. The van der Waals surface area contributed by atoms with Gasteiger partial charge in [0.15, 0.2) is 5.69 Å². The zero-order valence-corrected chi connectivity index (χ0v) is 17.0. The molecule has 0 saturated carbocycles. The number of nitrogens with one attached hydrogen (secondary N) is 1. The third-order valence-electron chi connectivity index (χ3n) is 6.30. The van der Waals surface area contributed by atoms with Crippen molar-refractivity contribution < 1.29 is 9.50 Å². The van der Waals surface area contributed by atoms with E-state index in [9.17, 15) is 9.50 Å². The number of nitrogens with zero attached hydrogens (tertiary/aromatic N) is 6. The SMILES string of the molecule is CN(c1cnc(-c2ccc(-n3cnc(C#N)c3)cc2O)cn1)[C@H]1C[C@@H]2CCC(N2)[C@H]1F. The molecule has 2 fully saturated rings. The maximum absolute atomic E-state index is 14.9. The van der Waals surface area contributed by atoms with Gasteiger partial charge in [0.2, 0.25) is 0 Å². The van der Waals surface area contributed by atoms with Crippen LogP contribution in [0.5, 0.6) is 5.75 Å². The van der Waals surface area contributed by atoms with Crippen molar-refractivity contribution in [3.8, 4) is 28.8 Å². The van der Waals surface area contributed by atoms with Crippen molar-refractivity contribution in [2.75, 3.05) is 11.9 Å². The molecular weight excluding hydrogens is 397 g/mol. The van der Waals surface area contributed by atoms with E-state index < -0.39 is 6.17 Å². The summed E-state index contributed by atoms with van der Waals surface area (Å²) < 4.78 is 16.5. The number of aromatic hydroxyl groups is 1. The molecule has 2 aliphatic heterocycles. The van der Waals surface area contributed by atoms with Gasteiger partial charge in [0, 0.05) is 37.0 Å². The van der Waals surface area contributed by atoms with Gasteiger partial charge in [-0.15, -0.1) is 0 Å². The number of hydrogen-bond donors (Lipinski definition) is 2. The van der Waals surface area contributed by atoms with Crippen LogP contribution in [0.15, 0.2) is 43.1 Å². The minimum atomic E-state index is -0.938. The molecule has 0 radical (unpaired) electrons. The average molecular weight is 419 g/mol. The summed E-state index contributed by atoms with van der Waals surface area (Å²) in [5, 5.41) is 22.8. The van der Waals surface area contributed by atoms with Crippen LogP contribution in [0.4, 0.5) is 10.2 Å². The highest BCUT2D eigenvalue weighted by Gasteiger charge is 2.43. The highest BCUT2D eigenvalue weighted by atomic mass is 19.1. The summed E-state index contributed by atoms with van der Waals surface area (Å²) in [7, 11) is 1.86. The number of aromatic nitrogens is 4. The van der Waals surface area contributed by atoms with Gasteiger partial charge in [-0.2, -0.15) is 5.26 Å². The van der Waals surface area contributed by atoms with Crippen LogP contribution >= 0.6 is 0 Å². The molecule has 31 heavy (non-hydrogen) atoms. The number of rotatable bonds is 4. The Labute approximate surface area is 179 Å². The molecule has 4 atom stereocenters. The van der Waals surface area contributed by atoms with E-state index in [2.05, 4.69) is 20.3 Å². The van der Waals surface area contributed by atoms with Gasteiger partial charge >= 0.3 is 0 Å². The summed E-state index contributed by atoms with van der Waals surface area (Å²) in [5.41, 5.74) is 2.03. The fourth-order valence-electron chi connectivity index (χ4n) is 4.58. The van der Waals surface area contributed by atoms with Crippen molar-refractivity contribution in [2.45, 2.75) is 43.6 Å². The third-order valence-corrected chi connectivity index (χ3v) is 6.30. The molecule has 2 saturated heterocycles.